The van der Waals surface area contributed by atoms with E-state index in [9.17, 15) is 0 Å². The number of rotatable bonds is 6. The fourth-order valence-corrected chi connectivity index (χ4v) is 2.41. The molecule has 102 valence electrons. The zero-order valence-corrected chi connectivity index (χ0v) is 13.0. The third-order valence-electron chi connectivity index (χ3n) is 5.20. The average Bonchev–Trinajstić information content (AvgIpc) is 2.45. The standard InChI is InChI=1S/C17H29N/c1-7-16(5,8-2)14-11-12-18-15(13-14)17(6,9-3)10-4/h11-13H,7-10H2,1-6H3. The molecule has 1 rings (SSSR count). The van der Waals surface area contributed by atoms with Crippen LogP contribution in [0.4, 0.5) is 0 Å². The minimum atomic E-state index is 0.221. The van der Waals surface area contributed by atoms with Crippen LogP contribution in [0.25, 0.3) is 0 Å². The molecule has 0 saturated carbocycles. The van der Waals surface area contributed by atoms with Crippen molar-refractivity contribution in [1.82, 2.24) is 4.98 Å². The molecule has 1 aromatic rings. The van der Waals surface area contributed by atoms with E-state index < -0.39 is 0 Å². The first-order valence-corrected chi connectivity index (χ1v) is 7.42. The van der Waals surface area contributed by atoms with Gasteiger partial charge in [-0.25, -0.2) is 0 Å². The largest absolute Gasteiger partial charge is 0.261 e. The first-order valence-electron chi connectivity index (χ1n) is 7.42. The van der Waals surface area contributed by atoms with Crippen molar-refractivity contribution < 1.29 is 0 Å². The van der Waals surface area contributed by atoms with Crippen LogP contribution >= 0.6 is 0 Å². The van der Waals surface area contributed by atoms with Crippen molar-refractivity contribution in [1.29, 1.82) is 0 Å². The lowest BCUT2D eigenvalue weighted by atomic mass is 9.75. The van der Waals surface area contributed by atoms with Crippen LogP contribution in [0.1, 0.15) is 78.5 Å². The molecule has 0 radical (unpaired) electrons. The van der Waals surface area contributed by atoms with Gasteiger partial charge in [-0.1, -0.05) is 41.5 Å². The van der Waals surface area contributed by atoms with Crippen LogP contribution in [0.2, 0.25) is 0 Å². The van der Waals surface area contributed by atoms with Gasteiger partial charge in [-0.2, -0.15) is 0 Å². The molecule has 0 bridgehead atoms. The molecule has 0 unspecified atom stereocenters. The molecular formula is C17H29N. The maximum atomic E-state index is 4.64. The van der Waals surface area contributed by atoms with Crippen molar-refractivity contribution in [3.05, 3.63) is 29.6 Å². The monoisotopic (exact) mass is 247 g/mol. The van der Waals surface area contributed by atoms with Crippen molar-refractivity contribution in [2.24, 2.45) is 0 Å². The Kier molecular flexibility index (Phi) is 4.95. The van der Waals surface area contributed by atoms with E-state index in [0.717, 1.165) is 12.8 Å². The van der Waals surface area contributed by atoms with Crippen molar-refractivity contribution in [3.8, 4) is 0 Å². The molecule has 1 heterocycles. The molecule has 0 spiro atoms. The predicted octanol–water partition coefficient (Wildman–Crippen LogP) is 5.24. The van der Waals surface area contributed by atoms with Gasteiger partial charge in [-0.3, -0.25) is 4.98 Å². The van der Waals surface area contributed by atoms with Crippen LogP contribution < -0.4 is 0 Å². The molecule has 0 fully saturated rings. The van der Waals surface area contributed by atoms with E-state index in [1.807, 2.05) is 6.20 Å². The van der Waals surface area contributed by atoms with E-state index in [1.54, 1.807) is 0 Å². The maximum absolute atomic E-state index is 4.64. The highest BCUT2D eigenvalue weighted by Crippen LogP contribution is 2.35. The van der Waals surface area contributed by atoms with Crippen molar-refractivity contribution in [2.45, 2.75) is 78.1 Å². The SMILES string of the molecule is CCC(C)(CC)c1ccnc(C(C)(CC)CC)c1. The summed E-state index contributed by atoms with van der Waals surface area (Å²) in [4.78, 5) is 4.64. The highest BCUT2D eigenvalue weighted by molar-refractivity contribution is 5.28. The summed E-state index contributed by atoms with van der Waals surface area (Å²) in [6.45, 7) is 13.8. The van der Waals surface area contributed by atoms with Crippen molar-refractivity contribution in [2.75, 3.05) is 0 Å². The van der Waals surface area contributed by atoms with E-state index in [1.165, 1.54) is 24.1 Å². The zero-order chi connectivity index (χ0) is 13.8. The summed E-state index contributed by atoms with van der Waals surface area (Å²) in [6, 6.07) is 4.54. The lowest BCUT2D eigenvalue weighted by molar-refractivity contribution is 0.414. The molecule has 1 heteroatoms. The van der Waals surface area contributed by atoms with Gasteiger partial charge in [0, 0.05) is 17.3 Å². The van der Waals surface area contributed by atoms with Gasteiger partial charge in [0.2, 0.25) is 0 Å². The summed E-state index contributed by atoms with van der Waals surface area (Å²) in [5.74, 6) is 0. The molecule has 0 atom stereocenters. The summed E-state index contributed by atoms with van der Waals surface area (Å²) in [5, 5.41) is 0. The highest BCUT2D eigenvalue weighted by atomic mass is 14.7. The third-order valence-corrected chi connectivity index (χ3v) is 5.20. The minimum Gasteiger partial charge on any atom is -0.261 e. The van der Waals surface area contributed by atoms with Gasteiger partial charge >= 0.3 is 0 Å². The molecule has 0 aliphatic rings. The number of hydrogen-bond acceptors (Lipinski definition) is 1. The summed E-state index contributed by atoms with van der Waals surface area (Å²) < 4.78 is 0. The van der Waals surface area contributed by atoms with E-state index in [2.05, 4.69) is 58.7 Å². The van der Waals surface area contributed by atoms with Crippen LogP contribution in [0, 0.1) is 0 Å². The fourth-order valence-electron chi connectivity index (χ4n) is 2.41. The first kappa shape index (κ1) is 15.2. The molecule has 0 N–H and O–H groups in total. The van der Waals surface area contributed by atoms with Crippen molar-refractivity contribution >= 4 is 0 Å². The van der Waals surface area contributed by atoms with Gasteiger partial charge in [0.15, 0.2) is 0 Å². The van der Waals surface area contributed by atoms with Gasteiger partial charge in [0.05, 0.1) is 0 Å². The smallest absolute Gasteiger partial charge is 0.0465 e. The van der Waals surface area contributed by atoms with Crippen LogP contribution in [0.15, 0.2) is 18.3 Å². The fraction of sp³-hybridized carbons (Fsp3) is 0.706. The Morgan fingerprint density at radius 3 is 1.83 bits per heavy atom. The molecule has 1 aromatic heterocycles. The number of aromatic nitrogens is 1. The Hall–Kier alpha value is -0.850. The Balaban J connectivity index is 3.21. The topological polar surface area (TPSA) is 12.9 Å². The molecule has 0 amide bonds. The second-order valence-electron chi connectivity index (χ2n) is 5.97. The van der Waals surface area contributed by atoms with Gasteiger partial charge in [-0.05, 0) is 48.8 Å². The second kappa shape index (κ2) is 5.86. The molecule has 0 aromatic carbocycles. The summed E-state index contributed by atoms with van der Waals surface area (Å²) in [6.07, 6.45) is 6.66. The summed E-state index contributed by atoms with van der Waals surface area (Å²) in [7, 11) is 0. The third kappa shape index (κ3) is 2.76. The number of hydrogen-bond donors (Lipinski definition) is 0. The van der Waals surface area contributed by atoms with Crippen LogP contribution in [-0.2, 0) is 10.8 Å². The van der Waals surface area contributed by atoms with E-state index in [0.29, 0.717) is 5.41 Å². The summed E-state index contributed by atoms with van der Waals surface area (Å²) in [5.41, 5.74) is 3.22. The molecule has 18 heavy (non-hydrogen) atoms. The Morgan fingerprint density at radius 1 is 0.889 bits per heavy atom. The van der Waals surface area contributed by atoms with Crippen LogP contribution in [0.5, 0.6) is 0 Å². The number of nitrogens with zero attached hydrogens (tertiary/aromatic N) is 1. The first-order chi connectivity index (χ1) is 8.45. The Labute approximate surface area is 113 Å². The lowest BCUT2D eigenvalue weighted by Crippen LogP contribution is -2.24. The van der Waals surface area contributed by atoms with Gasteiger partial charge in [0.1, 0.15) is 0 Å². The van der Waals surface area contributed by atoms with Gasteiger partial charge in [0.25, 0.3) is 0 Å². The van der Waals surface area contributed by atoms with E-state index in [-0.39, 0.29) is 5.41 Å². The lowest BCUT2D eigenvalue weighted by Gasteiger charge is -2.31. The zero-order valence-electron chi connectivity index (χ0n) is 13.0. The second-order valence-corrected chi connectivity index (χ2v) is 5.97. The minimum absolute atomic E-state index is 0.221. The van der Waals surface area contributed by atoms with Crippen molar-refractivity contribution in [3.63, 3.8) is 0 Å². The van der Waals surface area contributed by atoms with Crippen LogP contribution in [-0.4, -0.2) is 4.98 Å². The van der Waals surface area contributed by atoms with Gasteiger partial charge < -0.3 is 0 Å². The number of pyridine rings is 1. The molecule has 0 saturated heterocycles. The predicted molar refractivity (Wildman–Crippen MR) is 80.1 cm³/mol. The van der Waals surface area contributed by atoms with Crippen LogP contribution in [0.3, 0.4) is 0 Å². The molecular weight excluding hydrogens is 218 g/mol. The maximum Gasteiger partial charge on any atom is 0.0465 e. The quantitative estimate of drug-likeness (QED) is 0.670. The molecule has 0 aliphatic carbocycles. The highest BCUT2D eigenvalue weighted by Gasteiger charge is 2.27. The Bertz CT molecular complexity index is 340. The molecule has 1 nitrogen and oxygen atoms in total. The Morgan fingerprint density at radius 2 is 1.39 bits per heavy atom. The van der Waals surface area contributed by atoms with Gasteiger partial charge in [-0.15, -0.1) is 0 Å². The normalized spacial score (nSPS) is 12.8. The summed E-state index contributed by atoms with van der Waals surface area (Å²) >= 11 is 0. The van der Waals surface area contributed by atoms with E-state index >= 15 is 0 Å². The van der Waals surface area contributed by atoms with E-state index in [4.69, 9.17) is 0 Å². The molecule has 0 aliphatic heterocycles. The average molecular weight is 247 g/mol.